The highest BCUT2D eigenvalue weighted by Gasteiger charge is 2.40. The van der Waals surface area contributed by atoms with E-state index in [-0.39, 0.29) is 12.3 Å². The van der Waals surface area contributed by atoms with Crippen LogP contribution in [0.2, 0.25) is 0 Å². The molecule has 2 aromatic rings. The highest BCUT2D eigenvalue weighted by molar-refractivity contribution is 5.99. The van der Waals surface area contributed by atoms with Gasteiger partial charge in [-0.05, 0) is 30.0 Å². The number of carboxylic acid groups (broad SMARTS) is 1. The van der Waals surface area contributed by atoms with Gasteiger partial charge in [-0.25, -0.2) is 4.79 Å². The number of hydrogen-bond donors (Lipinski definition) is 2. The van der Waals surface area contributed by atoms with Crippen molar-refractivity contribution in [1.82, 2.24) is 5.32 Å². The highest BCUT2D eigenvalue weighted by atomic mass is 16.4. The van der Waals surface area contributed by atoms with E-state index in [0.717, 1.165) is 5.56 Å². The third-order valence-electron chi connectivity index (χ3n) is 4.13. The number of aryl methyl sites for hydroxylation is 1. The molecule has 0 aliphatic rings. The zero-order valence-corrected chi connectivity index (χ0v) is 13.4. The van der Waals surface area contributed by atoms with Gasteiger partial charge in [0.15, 0.2) is 5.54 Å². The van der Waals surface area contributed by atoms with E-state index in [2.05, 4.69) is 5.32 Å². The van der Waals surface area contributed by atoms with Crippen LogP contribution in [0.3, 0.4) is 0 Å². The molecular formula is C19H21NO3. The van der Waals surface area contributed by atoms with Crippen molar-refractivity contribution < 1.29 is 14.7 Å². The first-order chi connectivity index (χ1) is 11.0. The van der Waals surface area contributed by atoms with Crippen LogP contribution in [0.15, 0.2) is 54.6 Å². The Morgan fingerprint density at radius 2 is 1.61 bits per heavy atom. The van der Waals surface area contributed by atoms with E-state index in [9.17, 15) is 14.7 Å². The normalized spacial score (nSPS) is 13.1. The minimum atomic E-state index is -1.43. The molecule has 4 heteroatoms. The van der Waals surface area contributed by atoms with Gasteiger partial charge >= 0.3 is 5.97 Å². The maximum Gasteiger partial charge on any atom is 0.334 e. The predicted octanol–water partition coefficient (Wildman–Crippen LogP) is 3.37. The molecule has 23 heavy (non-hydrogen) atoms. The van der Waals surface area contributed by atoms with Gasteiger partial charge in [0.1, 0.15) is 0 Å². The van der Waals surface area contributed by atoms with E-state index in [1.807, 2.05) is 25.1 Å². The lowest BCUT2D eigenvalue weighted by atomic mass is 9.86. The molecule has 1 atom stereocenters. The monoisotopic (exact) mass is 311 g/mol. The molecule has 0 fully saturated rings. The van der Waals surface area contributed by atoms with Crippen molar-refractivity contribution in [2.75, 3.05) is 0 Å². The van der Waals surface area contributed by atoms with Gasteiger partial charge in [0.2, 0.25) is 0 Å². The Morgan fingerprint density at radius 1 is 1.00 bits per heavy atom. The first kappa shape index (κ1) is 16.7. The van der Waals surface area contributed by atoms with Crippen LogP contribution >= 0.6 is 0 Å². The van der Waals surface area contributed by atoms with Gasteiger partial charge in [-0.15, -0.1) is 0 Å². The van der Waals surface area contributed by atoms with Gasteiger partial charge in [-0.3, -0.25) is 4.79 Å². The molecule has 0 saturated heterocycles. The number of carbonyl (C=O) groups is 2. The van der Waals surface area contributed by atoms with Gasteiger partial charge in [-0.2, -0.15) is 0 Å². The van der Waals surface area contributed by atoms with E-state index in [1.165, 1.54) is 0 Å². The average molecular weight is 311 g/mol. The molecule has 1 amide bonds. The van der Waals surface area contributed by atoms with Crippen molar-refractivity contribution in [3.8, 4) is 0 Å². The second kappa shape index (κ2) is 7.09. The highest BCUT2D eigenvalue weighted by Crippen LogP contribution is 2.26. The number of nitrogens with one attached hydrogen (secondary N) is 1. The third-order valence-corrected chi connectivity index (χ3v) is 4.13. The number of aliphatic carboxylic acids is 1. The second-order valence-electron chi connectivity index (χ2n) is 5.39. The van der Waals surface area contributed by atoms with Gasteiger partial charge < -0.3 is 10.4 Å². The van der Waals surface area contributed by atoms with Crippen molar-refractivity contribution in [1.29, 1.82) is 0 Å². The number of carbonyl (C=O) groups excluding carboxylic acids is 1. The largest absolute Gasteiger partial charge is 0.479 e. The number of carboxylic acids is 1. The topological polar surface area (TPSA) is 66.4 Å². The summed E-state index contributed by atoms with van der Waals surface area (Å²) >= 11 is 0. The number of amides is 1. The van der Waals surface area contributed by atoms with Gasteiger partial charge in [0.25, 0.3) is 5.91 Å². The number of benzene rings is 2. The van der Waals surface area contributed by atoms with E-state index in [0.29, 0.717) is 17.5 Å². The summed E-state index contributed by atoms with van der Waals surface area (Å²) in [4.78, 5) is 24.7. The molecule has 2 rings (SSSR count). The molecule has 2 N–H and O–H groups in total. The molecule has 0 aromatic heterocycles. The summed E-state index contributed by atoms with van der Waals surface area (Å²) in [7, 11) is 0. The van der Waals surface area contributed by atoms with Crippen LogP contribution in [-0.4, -0.2) is 17.0 Å². The summed E-state index contributed by atoms with van der Waals surface area (Å²) in [6.45, 7) is 3.72. The summed E-state index contributed by atoms with van der Waals surface area (Å²) in [5.41, 5.74) is 0.551. The first-order valence-electron chi connectivity index (χ1n) is 7.74. The van der Waals surface area contributed by atoms with Crippen LogP contribution < -0.4 is 5.32 Å². The summed E-state index contributed by atoms with van der Waals surface area (Å²) in [5.74, 6) is -1.43. The average Bonchev–Trinajstić information content (AvgIpc) is 2.60. The fraction of sp³-hybridized carbons (Fsp3) is 0.263. The zero-order valence-electron chi connectivity index (χ0n) is 13.4. The fourth-order valence-electron chi connectivity index (χ4n) is 2.73. The Hall–Kier alpha value is -2.62. The lowest BCUT2D eigenvalue weighted by Gasteiger charge is -2.30. The molecule has 4 nitrogen and oxygen atoms in total. The van der Waals surface area contributed by atoms with Crippen molar-refractivity contribution in [2.45, 2.75) is 32.2 Å². The zero-order chi connectivity index (χ0) is 16.9. The van der Waals surface area contributed by atoms with Crippen molar-refractivity contribution in [3.63, 3.8) is 0 Å². The quantitative estimate of drug-likeness (QED) is 0.859. The van der Waals surface area contributed by atoms with Gasteiger partial charge in [0, 0.05) is 5.56 Å². The second-order valence-corrected chi connectivity index (χ2v) is 5.39. The van der Waals surface area contributed by atoms with Crippen molar-refractivity contribution >= 4 is 11.9 Å². The van der Waals surface area contributed by atoms with Crippen LogP contribution in [0.25, 0.3) is 0 Å². The molecule has 2 aromatic carbocycles. The Morgan fingerprint density at radius 3 is 2.17 bits per heavy atom. The minimum absolute atomic E-state index is 0.256. The van der Waals surface area contributed by atoms with Crippen LogP contribution in [0.1, 0.15) is 41.8 Å². The molecule has 0 saturated carbocycles. The maximum atomic E-state index is 12.7. The van der Waals surface area contributed by atoms with Crippen molar-refractivity contribution in [2.24, 2.45) is 0 Å². The van der Waals surface area contributed by atoms with E-state index in [1.54, 1.807) is 43.3 Å². The lowest BCUT2D eigenvalue weighted by Crippen LogP contribution is -2.51. The van der Waals surface area contributed by atoms with Crippen LogP contribution in [-0.2, 0) is 16.8 Å². The fourth-order valence-corrected chi connectivity index (χ4v) is 2.73. The standard InChI is InChI=1S/C19H21NO3/c1-3-14-10-8-9-13-16(14)17(21)20-19(4-2,18(22)23)15-11-6-5-7-12-15/h5-13H,3-4H2,1-2H3,(H,20,21)(H,22,23). The van der Waals surface area contributed by atoms with E-state index >= 15 is 0 Å². The summed E-state index contributed by atoms with van der Waals surface area (Å²) in [5, 5.41) is 12.5. The van der Waals surface area contributed by atoms with Gasteiger partial charge in [-0.1, -0.05) is 62.4 Å². The summed E-state index contributed by atoms with van der Waals surface area (Å²) in [6, 6.07) is 16.1. The van der Waals surface area contributed by atoms with Crippen LogP contribution in [0.5, 0.6) is 0 Å². The lowest BCUT2D eigenvalue weighted by molar-refractivity contribution is -0.145. The minimum Gasteiger partial charge on any atom is -0.479 e. The Kier molecular flexibility index (Phi) is 5.16. The molecule has 0 bridgehead atoms. The van der Waals surface area contributed by atoms with Crippen LogP contribution in [0, 0.1) is 0 Å². The third kappa shape index (κ3) is 3.26. The van der Waals surface area contributed by atoms with Gasteiger partial charge in [0.05, 0.1) is 0 Å². The predicted molar refractivity (Wildman–Crippen MR) is 89.3 cm³/mol. The van der Waals surface area contributed by atoms with Crippen molar-refractivity contribution in [3.05, 3.63) is 71.3 Å². The summed E-state index contributed by atoms with van der Waals surface area (Å²) < 4.78 is 0. The Balaban J connectivity index is 2.43. The molecule has 0 heterocycles. The number of rotatable bonds is 6. The SMILES string of the molecule is CCc1ccccc1C(=O)NC(CC)(C(=O)O)c1ccccc1. The van der Waals surface area contributed by atoms with E-state index < -0.39 is 11.5 Å². The Bertz CT molecular complexity index is 697. The smallest absolute Gasteiger partial charge is 0.334 e. The molecule has 0 radical (unpaired) electrons. The van der Waals surface area contributed by atoms with E-state index in [4.69, 9.17) is 0 Å². The molecular weight excluding hydrogens is 290 g/mol. The van der Waals surface area contributed by atoms with Crippen LogP contribution in [0.4, 0.5) is 0 Å². The molecule has 120 valence electrons. The molecule has 0 aliphatic carbocycles. The first-order valence-corrected chi connectivity index (χ1v) is 7.74. The molecule has 0 spiro atoms. The Labute approximate surface area is 136 Å². The molecule has 0 aliphatic heterocycles. The summed E-state index contributed by atoms with van der Waals surface area (Å²) in [6.07, 6.45) is 0.966. The molecule has 1 unspecified atom stereocenters. The number of hydrogen-bond acceptors (Lipinski definition) is 2. The maximum absolute atomic E-state index is 12.7.